The predicted molar refractivity (Wildman–Crippen MR) is 177 cm³/mol. The molecule has 1 saturated heterocycles. The van der Waals surface area contributed by atoms with E-state index in [0.29, 0.717) is 6.42 Å². The molecule has 1 rings (SSSR count). The highest BCUT2D eigenvalue weighted by atomic mass is 28.4. The Morgan fingerprint density at radius 2 is 1.50 bits per heavy atom. The van der Waals surface area contributed by atoms with Crippen molar-refractivity contribution < 1.29 is 28.0 Å². The van der Waals surface area contributed by atoms with Crippen LogP contribution in [0, 0.1) is 11.8 Å². The van der Waals surface area contributed by atoms with Crippen molar-refractivity contribution in [3.05, 3.63) is 12.2 Å². The summed E-state index contributed by atoms with van der Waals surface area (Å²) in [7, 11) is -4.69. The van der Waals surface area contributed by atoms with Crippen LogP contribution in [0.25, 0.3) is 0 Å². The van der Waals surface area contributed by atoms with Crippen LogP contribution in [0.15, 0.2) is 12.2 Å². The lowest BCUT2D eigenvalue weighted by atomic mass is 9.90. The van der Waals surface area contributed by atoms with Gasteiger partial charge in [-0.25, -0.2) is 0 Å². The smallest absolute Gasteiger partial charge is 0.298 e. The van der Waals surface area contributed by atoms with Crippen molar-refractivity contribution >= 4 is 34.3 Å². The second-order valence-corrected chi connectivity index (χ2v) is 25.1. The number of hydrogen-bond donors (Lipinski definition) is 1. The third kappa shape index (κ3) is 10.4. The number of hydrogen-bond acceptors (Lipinski definition) is 6. The molecule has 7 nitrogen and oxygen atoms in total. The molecule has 1 aliphatic heterocycles. The van der Waals surface area contributed by atoms with Crippen molar-refractivity contribution in [2.24, 2.45) is 11.8 Å². The number of amides is 1. The number of ether oxygens (including phenoxy) is 1. The lowest BCUT2D eigenvalue weighted by Crippen LogP contribution is -2.54. The number of nitrogens with one attached hydrogen (secondary N) is 1. The highest BCUT2D eigenvalue weighted by Gasteiger charge is 2.50. The van der Waals surface area contributed by atoms with Gasteiger partial charge in [0.25, 0.3) is 14.3 Å². The molecule has 0 radical (unpaired) electrons. The van der Waals surface area contributed by atoms with E-state index < -0.39 is 28.7 Å². The maximum absolute atomic E-state index is 13.8. The molecule has 1 heterocycles. The Morgan fingerprint density at radius 1 is 0.952 bits per heavy atom. The Labute approximate surface area is 259 Å². The molecule has 1 fully saturated rings. The average Bonchev–Trinajstić information content (AvgIpc) is 2.85. The third-order valence-corrected chi connectivity index (χ3v) is 20.3. The molecule has 1 amide bonds. The van der Waals surface area contributed by atoms with Crippen LogP contribution in [-0.4, -0.2) is 59.2 Å². The van der Waals surface area contributed by atoms with E-state index in [0.717, 1.165) is 12.8 Å². The second-order valence-electron chi connectivity index (χ2n) is 15.0. The molecule has 244 valence electrons. The second kappa shape index (κ2) is 16.1. The molecule has 0 aromatic carbocycles. The van der Waals surface area contributed by atoms with Gasteiger partial charge in [-0.05, 0) is 73.4 Å². The Morgan fingerprint density at radius 3 is 1.98 bits per heavy atom. The summed E-state index contributed by atoms with van der Waals surface area (Å²) >= 11 is 0. The zero-order valence-electron chi connectivity index (χ0n) is 29.3. The molecule has 0 saturated carbocycles. The van der Waals surface area contributed by atoms with E-state index in [1.54, 1.807) is 12.2 Å². The van der Waals surface area contributed by atoms with Gasteiger partial charge in [0.05, 0.1) is 30.7 Å². The molecule has 1 N–H and O–H groups in total. The fraction of sp³-hybridized carbons (Fsp3) is 0.848. The van der Waals surface area contributed by atoms with Gasteiger partial charge < -0.3 is 18.9 Å². The monoisotopic (exact) mass is 625 g/mol. The summed E-state index contributed by atoms with van der Waals surface area (Å²) in [6.07, 6.45) is 4.69. The van der Waals surface area contributed by atoms with Gasteiger partial charge in [0.1, 0.15) is 0 Å². The van der Waals surface area contributed by atoms with Crippen molar-refractivity contribution in [3.63, 3.8) is 0 Å². The van der Waals surface area contributed by atoms with Gasteiger partial charge in [0.2, 0.25) is 5.91 Å². The number of ketones is 1. The number of allylic oxidation sites excluding steroid dienone is 2. The summed E-state index contributed by atoms with van der Waals surface area (Å²) in [5.41, 5.74) is 0.841. The number of rotatable bonds is 15. The largest absolute Gasteiger partial charge is 0.518 e. The highest BCUT2D eigenvalue weighted by molar-refractivity contribution is 6.79. The molecule has 0 spiro atoms. The van der Waals surface area contributed by atoms with Crippen molar-refractivity contribution in [2.45, 2.75) is 162 Å². The molecule has 0 unspecified atom stereocenters. The lowest BCUT2D eigenvalue weighted by Gasteiger charge is -2.44. The van der Waals surface area contributed by atoms with Crippen LogP contribution in [-0.2, 0) is 28.0 Å². The van der Waals surface area contributed by atoms with Crippen molar-refractivity contribution in [3.8, 4) is 0 Å². The van der Waals surface area contributed by atoms with Gasteiger partial charge in [-0.2, -0.15) is 0 Å². The fourth-order valence-corrected chi connectivity index (χ4v) is 12.7. The fourth-order valence-electron chi connectivity index (χ4n) is 6.08. The summed E-state index contributed by atoms with van der Waals surface area (Å²) in [6.45, 7) is 29.9. The Kier molecular flexibility index (Phi) is 14.9. The highest BCUT2D eigenvalue weighted by Crippen LogP contribution is 2.43. The SMILES string of the molecule is C/C=C/C(=O)C[C@@H]1CC[C@H](C)[C@H](CC(=O)NC[C@@H](O[Si](C)(C)C(C)(C)C)[C@@H](C)C(=O)O[Si](C(C)C)(C(C)C)C(C)C)O1. The topological polar surface area (TPSA) is 90.9 Å². The number of carbonyl (C=O) groups is 3. The zero-order chi connectivity index (χ0) is 32.6. The summed E-state index contributed by atoms with van der Waals surface area (Å²) < 4.78 is 19.5. The van der Waals surface area contributed by atoms with Crippen LogP contribution in [0.4, 0.5) is 0 Å². The first kappa shape index (κ1) is 38.7. The Hall–Kier alpha value is -1.30. The third-order valence-electron chi connectivity index (χ3n) is 9.78. The Bertz CT molecular complexity index is 902. The lowest BCUT2D eigenvalue weighted by molar-refractivity contribution is -0.144. The first-order valence-electron chi connectivity index (χ1n) is 16.2. The summed E-state index contributed by atoms with van der Waals surface area (Å²) in [6, 6.07) is 0. The summed E-state index contributed by atoms with van der Waals surface area (Å²) in [4.78, 5) is 39.1. The van der Waals surface area contributed by atoms with E-state index in [1.165, 1.54) is 0 Å². The number of carbonyl (C=O) groups excluding carboxylic acids is 3. The predicted octanol–water partition coefficient (Wildman–Crippen LogP) is 7.96. The maximum atomic E-state index is 13.8. The average molecular weight is 626 g/mol. The van der Waals surface area contributed by atoms with Crippen LogP contribution in [0.5, 0.6) is 0 Å². The quantitative estimate of drug-likeness (QED) is 0.147. The molecule has 0 aromatic heterocycles. The van der Waals surface area contributed by atoms with Gasteiger partial charge in [-0.15, -0.1) is 0 Å². The molecule has 0 aliphatic carbocycles. The Balaban J connectivity index is 3.09. The van der Waals surface area contributed by atoms with Crippen molar-refractivity contribution in [1.82, 2.24) is 5.32 Å². The van der Waals surface area contributed by atoms with Crippen molar-refractivity contribution in [2.75, 3.05) is 6.54 Å². The van der Waals surface area contributed by atoms with Crippen LogP contribution in [0.2, 0.25) is 34.8 Å². The summed E-state index contributed by atoms with van der Waals surface area (Å²) in [5.74, 6) is -0.626. The van der Waals surface area contributed by atoms with Gasteiger partial charge >= 0.3 is 0 Å². The molecular weight excluding hydrogens is 563 g/mol. The van der Waals surface area contributed by atoms with E-state index in [9.17, 15) is 14.4 Å². The van der Waals surface area contributed by atoms with E-state index in [-0.39, 0.29) is 70.4 Å². The van der Waals surface area contributed by atoms with Gasteiger partial charge in [0, 0.05) is 13.0 Å². The molecule has 0 bridgehead atoms. The minimum Gasteiger partial charge on any atom is -0.518 e. The van der Waals surface area contributed by atoms with Gasteiger partial charge in [-0.1, -0.05) is 75.3 Å². The first-order valence-corrected chi connectivity index (χ1v) is 21.2. The molecule has 42 heavy (non-hydrogen) atoms. The van der Waals surface area contributed by atoms with E-state index >= 15 is 0 Å². The zero-order valence-corrected chi connectivity index (χ0v) is 31.3. The van der Waals surface area contributed by atoms with Gasteiger partial charge in [-0.3, -0.25) is 14.4 Å². The van der Waals surface area contributed by atoms with Crippen LogP contribution < -0.4 is 5.32 Å². The summed E-state index contributed by atoms with van der Waals surface area (Å²) in [5, 5.41) is 3.01. The molecule has 5 atom stereocenters. The van der Waals surface area contributed by atoms with E-state index in [1.807, 2.05) is 13.8 Å². The van der Waals surface area contributed by atoms with Crippen LogP contribution >= 0.6 is 0 Å². The molecule has 9 heteroatoms. The van der Waals surface area contributed by atoms with Gasteiger partial charge in [0.15, 0.2) is 14.1 Å². The minimum atomic E-state index is -2.43. The maximum Gasteiger partial charge on any atom is 0.298 e. The standard InChI is InChI=1S/C33H63NO6Si2/c1-15-16-27(35)19-28-18-17-25(8)29(38-28)20-31(36)34-21-30(39-41(13,14)33(10,11)12)26(9)32(37)40-42(22(2)3,23(4)5)24(6)7/h15-16,22-26,28-30H,17-21H2,1-14H3,(H,34,36)/b16-15+/t25-,26+,28-,29-,30+/m0/s1. The van der Waals surface area contributed by atoms with Crippen molar-refractivity contribution in [1.29, 1.82) is 0 Å². The molecule has 0 aromatic rings. The van der Waals surface area contributed by atoms with Crippen LogP contribution in [0.3, 0.4) is 0 Å². The molecule has 1 aliphatic rings. The minimum absolute atomic E-state index is 0.0474. The van der Waals surface area contributed by atoms with E-state index in [2.05, 4.69) is 87.6 Å². The first-order chi connectivity index (χ1) is 19.2. The van der Waals surface area contributed by atoms with E-state index in [4.69, 9.17) is 13.6 Å². The van der Waals surface area contributed by atoms with Crippen LogP contribution in [0.1, 0.15) is 109 Å². The molecular formula is C33H63NO6Si2. The normalized spacial score (nSPS) is 22.1.